The summed E-state index contributed by atoms with van der Waals surface area (Å²) in [6.07, 6.45) is 0. The van der Waals surface area contributed by atoms with Crippen LogP contribution < -0.4 is 0 Å². The molecule has 0 bridgehead atoms. The molecule has 0 saturated carbocycles. The van der Waals surface area contributed by atoms with Crippen LogP contribution in [-0.4, -0.2) is 25.7 Å². The maximum absolute atomic E-state index is 11.7. The van der Waals surface area contributed by atoms with Crippen molar-refractivity contribution >= 4 is 27.0 Å². The summed E-state index contributed by atoms with van der Waals surface area (Å²) < 4.78 is 23.2. The van der Waals surface area contributed by atoms with Gasteiger partial charge in [0.2, 0.25) is 0 Å². The number of sulfone groups is 1. The fourth-order valence-electron chi connectivity index (χ4n) is 1.42. The van der Waals surface area contributed by atoms with Gasteiger partial charge >= 0.3 is 0 Å². The zero-order chi connectivity index (χ0) is 12.3. The van der Waals surface area contributed by atoms with Crippen LogP contribution in [0.3, 0.4) is 0 Å². The number of hydrogen-bond donors (Lipinski definition) is 0. The van der Waals surface area contributed by atoms with Crippen molar-refractivity contribution in [3.8, 4) is 0 Å². The Bertz CT molecular complexity index is 469. The SMILES string of the molecule is Cc1ccc(C(=O)CS(=O)(=O)CC(C)C)s1. The molecule has 3 nitrogen and oxygen atoms in total. The van der Waals surface area contributed by atoms with E-state index in [2.05, 4.69) is 0 Å². The topological polar surface area (TPSA) is 51.2 Å². The summed E-state index contributed by atoms with van der Waals surface area (Å²) in [6, 6.07) is 3.51. The second kappa shape index (κ2) is 5.10. The Morgan fingerprint density at radius 1 is 1.38 bits per heavy atom. The van der Waals surface area contributed by atoms with Gasteiger partial charge in [-0.3, -0.25) is 4.79 Å². The number of rotatable bonds is 5. The normalized spacial score (nSPS) is 12.0. The lowest BCUT2D eigenvalue weighted by Crippen LogP contribution is -2.21. The van der Waals surface area contributed by atoms with Gasteiger partial charge in [0.15, 0.2) is 15.6 Å². The van der Waals surface area contributed by atoms with Gasteiger partial charge in [0.1, 0.15) is 5.75 Å². The molecule has 0 aliphatic rings. The van der Waals surface area contributed by atoms with Crippen LogP contribution in [-0.2, 0) is 9.84 Å². The Hall–Kier alpha value is -0.680. The van der Waals surface area contributed by atoms with Gasteiger partial charge in [-0.2, -0.15) is 0 Å². The molecule has 0 aromatic carbocycles. The minimum absolute atomic E-state index is 0.0582. The maximum Gasteiger partial charge on any atom is 0.187 e. The number of Topliss-reactive ketones (excluding diaryl/α,β-unsaturated/α-hetero) is 1. The van der Waals surface area contributed by atoms with E-state index >= 15 is 0 Å². The van der Waals surface area contributed by atoms with Gasteiger partial charge in [0, 0.05) is 4.88 Å². The molecule has 16 heavy (non-hydrogen) atoms. The summed E-state index contributed by atoms with van der Waals surface area (Å²) in [7, 11) is -3.26. The highest BCUT2D eigenvalue weighted by Crippen LogP contribution is 2.16. The van der Waals surface area contributed by atoms with Crippen molar-refractivity contribution in [1.82, 2.24) is 0 Å². The fraction of sp³-hybridized carbons (Fsp3) is 0.545. The molecule has 0 radical (unpaired) electrons. The number of thiophene rings is 1. The van der Waals surface area contributed by atoms with Crippen molar-refractivity contribution in [3.05, 3.63) is 21.9 Å². The van der Waals surface area contributed by atoms with E-state index < -0.39 is 9.84 Å². The average Bonchev–Trinajstić information content (AvgIpc) is 2.47. The first-order valence-corrected chi connectivity index (χ1v) is 7.74. The largest absolute Gasteiger partial charge is 0.292 e. The van der Waals surface area contributed by atoms with Crippen LogP contribution in [0.2, 0.25) is 0 Å². The molecule has 1 heterocycles. The second-order valence-corrected chi connectivity index (χ2v) is 7.68. The smallest absolute Gasteiger partial charge is 0.187 e. The molecule has 0 amide bonds. The van der Waals surface area contributed by atoms with Gasteiger partial charge in [-0.05, 0) is 25.0 Å². The van der Waals surface area contributed by atoms with E-state index in [1.54, 1.807) is 6.07 Å². The van der Waals surface area contributed by atoms with E-state index in [0.29, 0.717) is 4.88 Å². The Morgan fingerprint density at radius 2 is 2.00 bits per heavy atom. The predicted octanol–water partition coefficient (Wildman–Crippen LogP) is 2.31. The average molecular weight is 260 g/mol. The van der Waals surface area contributed by atoms with Crippen molar-refractivity contribution < 1.29 is 13.2 Å². The molecule has 0 aliphatic heterocycles. The lowest BCUT2D eigenvalue weighted by Gasteiger charge is -2.05. The first-order chi connectivity index (χ1) is 7.30. The van der Waals surface area contributed by atoms with E-state index in [9.17, 15) is 13.2 Å². The Labute approximate surface area is 100 Å². The third-order valence-corrected chi connectivity index (χ3v) is 4.87. The van der Waals surface area contributed by atoms with Crippen molar-refractivity contribution in [2.45, 2.75) is 20.8 Å². The van der Waals surface area contributed by atoms with Gasteiger partial charge in [-0.15, -0.1) is 11.3 Å². The number of carbonyl (C=O) groups excluding carboxylic acids is 1. The molecule has 90 valence electrons. The molecule has 0 unspecified atom stereocenters. The molecule has 0 saturated heterocycles. The van der Waals surface area contributed by atoms with Crippen molar-refractivity contribution in [3.63, 3.8) is 0 Å². The first kappa shape index (κ1) is 13.4. The van der Waals surface area contributed by atoms with Gasteiger partial charge in [-0.1, -0.05) is 13.8 Å². The zero-order valence-electron chi connectivity index (χ0n) is 9.69. The number of hydrogen-bond acceptors (Lipinski definition) is 4. The number of carbonyl (C=O) groups is 1. The Morgan fingerprint density at radius 3 is 2.44 bits per heavy atom. The standard InChI is InChI=1S/C11H16O3S2/c1-8(2)6-16(13,14)7-10(12)11-5-4-9(3)15-11/h4-5,8H,6-7H2,1-3H3. The monoisotopic (exact) mass is 260 g/mol. The third kappa shape index (κ3) is 4.06. The number of ketones is 1. The zero-order valence-corrected chi connectivity index (χ0v) is 11.3. The first-order valence-electron chi connectivity index (χ1n) is 5.10. The summed E-state index contributed by atoms with van der Waals surface area (Å²) >= 11 is 1.34. The minimum Gasteiger partial charge on any atom is -0.292 e. The molecule has 1 aromatic heterocycles. The van der Waals surface area contributed by atoms with Crippen LogP contribution in [0.25, 0.3) is 0 Å². The molecule has 0 spiro atoms. The predicted molar refractivity (Wildman–Crippen MR) is 66.9 cm³/mol. The Balaban J connectivity index is 2.72. The van der Waals surface area contributed by atoms with E-state index in [1.165, 1.54) is 11.3 Å². The summed E-state index contributed by atoms with van der Waals surface area (Å²) in [4.78, 5) is 13.2. The van der Waals surface area contributed by atoms with Gasteiger partial charge in [-0.25, -0.2) is 8.42 Å². The van der Waals surface area contributed by atoms with Crippen LogP contribution in [0.1, 0.15) is 28.4 Å². The minimum atomic E-state index is -3.26. The Kier molecular flexibility index (Phi) is 4.27. The van der Waals surface area contributed by atoms with Crippen molar-refractivity contribution in [2.24, 2.45) is 5.92 Å². The number of aryl methyl sites for hydroxylation is 1. The lowest BCUT2D eigenvalue weighted by atomic mass is 10.3. The third-order valence-electron chi connectivity index (χ3n) is 1.95. The second-order valence-electron chi connectivity index (χ2n) is 4.28. The molecule has 0 N–H and O–H groups in total. The molecule has 0 aliphatic carbocycles. The van der Waals surface area contributed by atoms with Gasteiger partial charge < -0.3 is 0 Å². The lowest BCUT2D eigenvalue weighted by molar-refractivity contribution is 0.102. The maximum atomic E-state index is 11.7. The van der Waals surface area contributed by atoms with E-state index in [0.717, 1.165) is 4.88 Å². The highest BCUT2D eigenvalue weighted by atomic mass is 32.2. The van der Waals surface area contributed by atoms with Crippen molar-refractivity contribution in [2.75, 3.05) is 11.5 Å². The van der Waals surface area contributed by atoms with Crippen LogP contribution >= 0.6 is 11.3 Å². The summed E-state index contributed by atoms with van der Waals surface area (Å²) in [5.74, 6) is -0.532. The molecule has 1 aromatic rings. The summed E-state index contributed by atoms with van der Waals surface area (Å²) in [5.41, 5.74) is 0. The highest BCUT2D eigenvalue weighted by molar-refractivity contribution is 7.92. The van der Waals surface area contributed by atoms with Gasteiger partial charge in [0.25, 0.3) is 0 Å². The van der Waals surface area contributed by atoms with Crippen LogP contribution in [0.4, 0.5) is 0 Å². The molecule has 1 rings (SSSR count). The van der Waals surface area contributed by atoms with E-state index in [-0.39, 0.29) is 23.2 Å². The molecular weight excluding hydrogens is 244 g/mol. The molecular formula is C11H16O3S2. The van der Waals surface area contributed by atoms with Crippen LogP contribution in [0.5, 0.6) is 0 Å². The molecule has 5 heteroatoms. The van der Waals surface area contributed by atoms with Gasteiger partial charge in [0.05, 0.1) is 10.6 Å². The summed E-state index contributed by atoms with van der Waals surface area (Å²) in [5, 5.41) is 0. The highest BCUT2D eigenvalue weighted by Gasteiger charge is 2.20. The fourth-order valence-corrected chi connectivity index (χ4v) is 4.01. The summed E-state index contributed by atoms with van der Waals surface area (Å²) in [6.45, 7) is 5.55. The quantitative estimate of drug-likeness (QED) is 0.763. The molecule has 0 fully saturated rings. The van der Waals surface area contributed by atoms with E-state index in [1.807, 2.05) is 26.8 Å². The van der Waals surface area contributed by atoms with Crippen LogP contribution in [0.15, 0.2) is 12.1 Å². The van der Waals surface area contributed by atoms with Crippen molar-refractivity contribution in [1.29, 1.82) is 0 Å². The molecule has 0 atom stereocenters. The van der Waals surface area contributed by atoms with Crippen LogP contribution in [0, 0.1) is 12.8 Å². The van der Waals surface area contributed by atoms with E-state index in [4.69, 9.17) is 0 Å².